The molecule has 0 aliphatic carbocycles. The van der Waals surface area contributed by atoms with E-state index in [1.165, 1.54) is 0 Å². The molecule has 130 valence electrons. The molecular formula is C7H18Br2N2O8S2. The molecule has 14 heteroatoms. The van der Waals surface area contributed by atoms with Crippen molar-refractivity contribution in [1.29, 1.82) is 5.41 Å². The zero-order valence-electron chi connectivity index (χ0n) is 10.9. The van der Waals surface area contributed by atoms with E-state index in [2.05, 4.69) is 31.9 Å². The van der Waals surface area contributed by atoms with Gasteiger partial charge in [-0.2, -0.15) is 16.8 Å². The van der Waals surface area contributed by atoms with Crippen LogP contribution in [0.4, 0.5) is 0 Å². The van der Waals surface area contributed by atoms with Gasteiger partial charge in [-0.1, -0.05) is 31.9 Å². The molecule has 10 nitrogen and oxygen atoms in total. The van der Waals surface area contributed by atoms with Crippen LogP contribution in [-0.2, 0) is 20.2 Å². The van der Waals surface area contributed by atoms with E-state index in [1.807, 2.05) is 0 Å². The van der Waals surface area contributed by atoms with Crippen LogP contribution < -0.4 is 5.73 Å². The summed E-state index contributed by atoms with van der Waals surface area (Å²) in [7, 11) is -7.85. The summed E-state index contributed by atoms with van der Waals surface area (Å²) < 4.78 is 53.7. The number of nitrogens with one attached hydrogen (secondary N) is 1. The summed E-state index contributed by atoms with van der Waals surface area (Å²) in [6.07, 6.45) is 0. The highest BCUT2D eigenvalue weighted by Gasteiger charge is 2.17. The lowest BCUT2D eigenvalue weighted by Gasteiger charge is -2.09. The second-order valence-corrected chi connectivity index (χ2v) is 10.7. The summed E-state index contributed by atoms with van der Waals surface area (Å²) in [6.45, 7) is 0.688. The van der Waals surface area contributed by atoms with Crippen molar-refractivity contribution in [2.75, 3.05) is 24.7 Å². The molecule has 0 aromatic carbocycles. The van der Waals surface area contributed by atoms with Crippen molar-refractivity contribution in [1.82, 2.24) is 0 Å². The topological polar surface area (TPSA) is 199 Å². The minimum atomic E-state index is -3.92. The number of aliphatic hydroxyl groups excluding tert-OH is 2. The average molecular weight is 482 g/mol. The lowest BCUT2D eigenvalue weighted by molar-refractivity contribution is 0.314. The van der Waals surface area contributed by atoms with Gasteiger partial charge >= 0.3 is 0 Å². The molecule has 0 amide bonds. The van der Waals surface area contributed by atoms with Gasteiger partial charge in [0.05, 0.1) is 24.7 Å². The summed E-state index contributed by atoms with van der Waals surface area (Å²) in [5.41, 5.74) is 5.06. The first-order valence-electron chi connectivity index (χ1n) is 4.91. The van der Waals surface area contributed by atoms with Crippen LogP contribution in [0, 0.1) is 5.41 Å². The second-order valence-electron chi connectivity index (χ2n) is 3.32. The van der Waals surface area contributed by atoms with Gasteiger partial charge in [-0.15, -0.1) is 0 Å². The standard InChI is InChI=1S/C3H6Br2N2.2C2H6O4S/c1-3(4,5)2(6)7;2*3-1-2-7(4,5)6/h1H3,(H3,6,7);2*3H,1-2H2,(H,4,5,6). The zero-order chi connectivity index (χ0) is 17.9. The van der Waals surface area contributed by atoms with Crippen LogP contribution in [-0.4, -0.2) is 69.9 Å². The van der Waals surface area contributed by atoms with Gasteiger partial charge in [0.1, 0.15) is 9.07 Å². The Kier molecular flexibility index (Phi) is 14.5. The van der Waals surface area contributed by atoms with E-state index in [9.17, 15) is 16.8 Å². The number of nitrogens with two attached hydrogens (primary N) is 1. The van der Waals surface area contributed by atoms with Gasteiger partial charge in [0.2, 0.25) is 0 Å². The fraction of sp³-hybridized carbons (Fsp3) is 0.857. The van der Waals surface area contributed by atoms with Gasteiger partial charge in [0, 0.05) is 0 Å². The first-order valence-corrected chi connectivity index (χ1v) is 9.71. The number of rotatable bonds is 5. The maximum atomic E-state index is 9.63. The lowest BCUT2D eigenvalue weighted by Crippen LogP contribution is -2.27. The van der Waals surface area contributed by atoms with Gasteiger partial charge in [0.25, 0.3) is 20.2 Å². The molecule has 0 saturated carbocycles. The van der Waals surface area contributed by atoms with Gasteiger partial charge < -0.3 is 15.9 Å². The molecule has 0 bridgehead atoms. The molecule has 0 aromatic heterocycles. The predicted octanol–water partition coefficient (Wildman–Crippen LogP) is -0.839. The molecule has 0 heterocycles. The summed E-state index contributed by atoms with van der Waals surface area (Å²) in [5.74, 6) is -1.08. The molecule has 0 fully saturated rings. The fourth-order valence-corrected chi connectivity index (χ4v) is 0.692. The van der Waals surface area contributed by atoms with Gasteiger partial charge in [0.15, 0.2) is 0 Å². The molecular weight excluding hydrogens is 464 g/mol. The molecule has 0 rings (SSSR count). The molecule has 0 radical (unpaired) electrons. The maximum absolute atomic E-state index is 9.63. The SMILES string of the molecule is CC(Br)(Br)C(=N)N.O=S(=O)(O)CCO.O=S(=O)(O)CCO. The largest absolute Gasteiger partial charge is 0.395 e. The zero-order valence-corrected chi connectivity index (χ0v) is 15.7. The van der Waals surface area contributed by atoms with Crippen molar-refractivity contribution < 1.29 is 36.2 Å². The lowest BCUT2D eigenvalue weighted by atomic mass is 10.5. The normalized spacial score (nSPS) is 11.6. The van der Waals surface area contributed by atoms with Gasteiger partial charge in [-0.25, -0.2) is 0 Å². The number of hydrogen-bond donors (Lipinski definition) is 6. The molecule has 7 N–H and O–H groups in total. The van der Waals surface area contributed by atoms with Crippen LogP contribution in [0.3, 0.4) is 0 Å². The molecule has 0 atom stereocenters. The molecule has 0 unspecified atom stereocenters. The average Bonchev–Trinajstić information content (AvgIpc) is 2.13. The molecule has 21 heavy (non-hydrogen) atoms. The Morgan fingerprint density at radius 2 is 1.24 bits per heavy atom. The highest BCUT2D eigenvalue weighted by Crippen LogP contribution is 2.23. The van der Waals surface area contributed by atoms with E-state index >= 15 is 0 Å². The molecule has 0 aliphatic rings. The number of halogens is 2. The molecule has 0 aliphatic heterocycles. The van der Waals surface area contributed by atoms with Crippen molar-refractivity contribution in [2.45, 2.75) is 10.2 Å². The Morgan fingerprint density at radius 1 is 1.05 bits per heavy atom. The summed E-state index contributed by atoms with van der Waals surface area (Å²) in [6, 6.07) is 0. The van der Waals surface area contributed by atoms with Crippen LogP contribution in [0.1, 0.15) is 6.92 Å². The highest BCUT2D eigenvalue weighted by molar-refractivity contribution is 9.25. The first kappa shape index (κ1) is 26.1. The molecule has 0 spiro atoms. The van der Waals surface area contributed by atoms with E-state index in [0.29, 0.717) is 0 Å². The Labute approximate surface area is 140 Å². The van der Waals surface area contributed by atoms with E-state index in [1.54, 1.807) is 6.92 Å². The Morgan fingerprint density at radius 3 is 1.24 bits per heavy atom. The Hall–Kier alpha value is 0.170. The van der Waals surface area contributed by atoms with Gasteiger partial charge in [-0.3, -0.25) is 14.5 Å². The van der Waals surface area contributed by atoms with E-state index in [0.717, 1.165) is 0 Å². The van der Waals surface area contributed by atoms with E-state index in [-0.39, 0.29) is 5.84 Å². The number of aliphatic hydroxyl groups is 2. The fourth-order valence-electron chi connectivity index (χ4n) is 0.231. The minimum absolute atomic E-state index is 0.0764. The first-order chi connectivity index (χ1) is 9.06. The molecule has 0 saturated heterocycles. The summed E-state index contributed by atoms with van der Waals surface area (Å²) >= 11 is 6.22. The van der Waals surface area contributed by atoms with Crippen molar-refractivity contribution in [3.63, 3.8) is 0 Å². The Balaban J connectivity index is -0.000000231. The minimum Gasteiger partial charge on any atom is -0.395 e. The van der Waals surface area contributed by atoms with Crippen LogP contribution in [0.15, 0.2) is 0 Å². The van der Waals surface area contributed by atoms with Crippen molar-refractivity contribution in [3.8, 4) is 0 Å². The summed E-state index contributed by atoms with van der Waals surface area (Å²) in [4.78, 5) is 0. The molecule has 0 aromatic rings. The van der Waals surface area contributed by atoms with Crippen LogP contribution in [0.25, 0.3) is 0 Å². The van der Waals surface area contributed by atoms with Crippen molar-refractivity contribution in [3.05, 3.63) is 0 Å². The number of amidine groups is 1. The quantitative estimate of drug-likeness (QED) is 0.125. The number of hydrogen-bond acceptors (Lipinski definition) is 7. The van der Waals surface area contributed by atoms with Crippen LogP contribution >= 0.6 is 31.9 Å². The van der Waals surface area contributed by atoms with E-state index in [4.69, 9.17) is 30.5 Å². The third kappa shape index (κ3) is 33.2. The third-order valence-electron chi connectivity index (χ3n) is 1.17. The Bertz CT molecular complexity index is 451. The highest BCUT2D eigenvalue weighted by atomic mass is 79.9. The second kappa shape index (κ2) is 11.7. The third-order valence-corrected chi connectivity index (χ3v) is 3.42. The monoisotopic (exact) mass is 480 g/mol. The number of alkyl halides is 2. The van der Waals surface area contributed by atoms with Crippen LogP contribution in [0.2, 0.25) is 0 Å². The van der Waals surface area contributed by atoms with Crippen molar-refractivity contribution >= 4 is 57.9 Å². The maximum Gasteiger partial charge on any atom is 0.267 e. The summed E-state index contributed by atoms with van der Waals surface area (Å²) in [5, 5.41) is 22.6. The van der Waals surface area contributed by atoms with Crippen molar-refractivity contribution in [2.24, 2.45) is 5.73 Å². The van der Waals surface area contributed by atoms with E-state index < -0.39 is 48.2 Å². The van der Waals surface area contributed by atoms with Gasteiger partial charge in [-0.05, 0) is 6.92 Å². The smallest absolute Gasteiger partial charge is 0.267 e. The predicted molar refractivity (Wildman–Crippen MR) is 85.2 cm³/mol. The van der Waals surface area contributed by atoms with Crippen LogP contribution in [0.5, 0.6) is 0 Å².